The first-order valence-corrected chi connectivity index (χ1v) is 10.1. The van der Waals surface area contributed by atoms with Crippen LogP contribution in [0.15, 0.2) is 14.7 Å². The van der Waals surface area contributed by atoms with Crippen molar-refractivity contribution >= 4 is 55.0 Å². The van der Waals surface area contributed by atoms with Crippen molar-refractivity contribution in [1.82, 2.24) is 4.72 Å². The number of rotatable bonds is 8. The Morgan fingerprint density at radius 1 is 1.60 bits per heavy atom. The normalized spacial score (nSPS) is 13.3. The third kappa shape index (κ3) is 5.03. The molecule has 1 unspecified atom stereocenters. The summed E-state index contributed by atoms with van der Waals surface area (Å²) in [7, 11) is -3.70. The molecule has 0 spiro atoms. The molecular formula is C11H16BrNO4S3. The first-order valence-electron chi connectivity index (χ1n) is 5.90. The molecule has 1 aromatic heterocycles. The molecule has 1 rings (SSSR count). The minimum atomic E-state index is -3.70. The summed E-state index contributed by atoms with van der Waals surface area (Å²) in [6, 6.07) is 0.978. The zero-order valence-electron chi connectivity index (χ0n) is 11.1. The largest absolute Gasteiger partial charge is 0.477 e. The summed E-state index contributed by atoms with van der Waals surface area (Å²) in [6.07, 6.45) is 0.727. The zero-order chi connectivity index (χ0) is 15.3. The molecule has 5 nitrogen and oxygen atoms in total. The van der Waals surface area contributed by atoms with Crippen LogP contribution in [0.25, 0.3) is 0 Å². The van der Waals surface area contributed by atoms with Crippen molar-refractivity contribution in [2.75, 3.05) is 11.5 Å². The first-order chi connectivity index (χ1) is 9.27. The maximum absolute atomic E-state index is 12.2. The molecule has 1 atom stereocenters. The number of carbonyl (C=O) groups is 1. The van der Waals surface area contributed by atoms with E-state index < -0.39 is 16.0 Å². The number of carboxylic acids is 1. The first kappa shape index (κ1) is 18.0. The number of hydrogen-bond donors (Lipinski definition) is 2. The third-order valence-corrected chi connectivity index (χ3v) is 7.17. The van der Waals surface area contributed by atoms with Crippen LogP contribution in [0.4, 0.5) is 0 Å². The second-order valence-electron chi connectivity index (χ2n) is 4.06. The lowest BCUT2D eigenvalue weighted by atomic mass is 10.3. The number of thiophene rings is 1. The molecule has 0 aliphatic rings. The fourth-order valence-electron chi connectivity index (χ4n) is 1.43. The number of aromatic carboxylic acids is 1. The number of sulfonamides is 1. The molecule has 20 heavy (non-hydrogen) atoms. The van der Waals surface area contributed by atoms with Crippen LogP contribution >= 0.6 is 39.0 Å². The van der Waals surface area contributed by atoms with Gasteiger partial charge in [-0.2, -0.15) is 11.8 Å². The quantitative estimate of drug-likeness (QED) is 0.653. The second-order valence-corrected chi connectivity index (χ2v) is 9.51. The van der Waals surface area contributed by atoms with Crippen LogP contribution in [-0.4, -0.2) is 37.0 Å². The van der Waals surface area contributed by atoms with Gasteiger partial charge < -0.3 is 5.11 Å². The fourth-order valence-corrected chi connectivity index (χ4v) is 5.92. The topological polar surface area (TPSA) is 83.5 Å². The molecule has 0 aromatic carbocycles. The van der Waals surface area contributed by atoms with E-state index in [0.29, 0.717) is 3.79 Å². The van der Waals surface area contributed by atoms with Gasteiger partial charge in [-0.05, 0) is 46.8 Å². The molecule has 114 valence electrons. The van der Waals surface area contributed by atoms with E-state index in [1.807, 2.05) is 0 Å². The van der Waals surface area contributed by atoms with E-state index in [1.165, 1.54) is 6.07 Å². The zero-order valence-corrected chi connectivity index (χ0v) is 15.1. The van der Waals surface area contributed by atoms with Crippen molar-refractivity contribution in [1.29, 1.82) is 0 Å². The smallest absolute Gasteiger partial charge is 0.345 e. The SMILES string of the molecule is CCSCCC(C)NS(=O)(=O)c1cc(C(=O)O)sc1Br. The van der Waals surface area contributed by atoms with E-state index in [2.05, 4.69) is 27.6 Å². The van der Waals surface area contributed by atoms with E-state index in [9.17, 15) is 13.2 Å². The van der Waals surface area contributed by atoms with Gasteiger partial charge in [0, 0.05) is 6.04 Å². The summed E-state index contributed by atoms with van der Waals surface area (Å²) in [5, 5.41) is 8.89. The molecule has 0 aliphatic heterocycles. The van der Waals surface area contributed by atoms with Crippen LogP contribution in [-0.2, 0) is 10.0 Å². The van der Waals surface area contributed by atoms with Crippen LogP contribution in [0.3, 0.4) is 0 Å². The molecule has 9 heteroatoms. The third-order valence-electron chi connectivity index (χ3n) is 2.41. The van der Waals surface area contributed by atoms with E-state index in [0.717, 1.165) is 29.3 Å². The monoisotopic (exact) mass is 401 g/mol. The standard InChI is InChI=1S/C11H16BrNO4S3/c1-3-18-5-4-7(2)13-20(16,17)9-6-8(11(14)15)19-10(9)12/h6-7,13H,3-5H2,1-2H3,(H,14,15). The van der Waals surface area contributed by atoms with Gasteiger partial charge in [0.25, 0.3) is 0 Å². The van der Waals surface area contributed by atoms with Crippen molar-refractivity contribution in [2.45, 2.75) is 31.2 Å². The Balaban J connectivity index is 2.81. The van der Waals surface area contributed by atoms with Gasteiger partial charge in [-0.1, -0.05) is 6.92 Å². The summed E-state index contributed by atoms with van der Waals surface area (Å²) >= 11 is 5.75. The Morgan fingerprint density at radius 2 is 2.25 bits per heavy atom. The molecule has 0 bridgehead atoms. The Morgan fingerprint density at radius 3 is 2.75 bits per heavy atom. The molecular weight excluding hydrogens is 386 g/mol. The number of hydrogen-bond acceptors (Lipinski definition) is 5. The average molecular weight is 402 g/mol. The molecule has 0 aliphatic carbocycles. The average Bonchev–Trinajstić information content (AvgIpc) is 2.72. The van der Waals surface area contributed by atoms with Crippen LogP contribution in [0.1, 0.15) is 29.9 Å². The summed E-state index contributed by atoms with van der Waals surface area (Å²) in [5.41, 5.74) is 0. The van der Waals surface area contributed by atoms with E-state index in [4.69, 9.17) is 5.11 Å². The van der Waals surface area contributed by atoms with E-state index in [1.54, 1.807) is 18.7 Å². The van der Waals surface area contributed by atoms with Crippen molar-refractivity contribution in [3.63, 3.8) is 0 Å². The minimum Gasteiger partial charge on any atom is -0.477 e. The van der Waals surface area contributed by atoms with Crippen molar-refractivity contribution in [2.24, 2.45) is 0 Å². The van der Waals surface area contributed by atoms with Gasteiger partial charge >= 0.3 is 5.97 Å². The highest BCUT2D eigenvalue weighted by atomic mass is 79.9. The lowest BCUT2D eigenvalue weighted by molar-refractivity contribution is 0.0702. The summed E-state index contributed by atoms with van der Waals surface area (Å²) < 4.78 is 27.3. The number of nitrogens with one attached hydrogen (secondary N) is 1. The highest BCUT2D eigenvalue weighted by Gasteiger charge is 2.24. The lowest BCUT2D eigenvalue weighted by Gasteiger charge is -2.13. The highest BCUT2D eigenvalue weighted by Crippen LogP contribution is 2.31. The molecule has 1 heterocycles. The van der Waals surface area contributed by atoms with Crippen LogP contribution in [0.5, 0.6) is 0 Å². The van der Waals surface area contributed by atoms with E-state index in [-0.39, 0.29) is 15.8 Å². The molecule has 0 amide bonds. The van der Waals surface area contributed by atoms with Crippen molar-refractivity contribution in [3.05, 3.63) is 14.7 Å². The summed E-state index contributed by atoms with van der Waals surface area (Å²) in [5.74, 6) is 0.743. The maximum Gasteiger partial charge on any atom is 0.345 e. The highest BCUT2D eigenvalue weighted by molar-refractivity contribution is 9.11. The Hall–Kier alpha value is -0.0900. The number of carboxylic acid groups (broad SMARTS) is 1. The van der Waals surface area contributed by atoms with Gasteiger partial charge in [0.05, 0.1) is 3.79 Å². The summed E-state index contributed by atoms with van der Waals surface area (Å²) in [6.45, 7) is 3.85. The van der Waals surface area contributed by atoms with Crippen LogP contribution in [0, 0.1) is 0 Å². The molecule has 2 N–H and O–H groups in total. The molecule has 0 radical (unpaired) electrons. The predicted molar refractivity (Wildman–Crippen MR) is 86.4 cm³/mol. The van der Waals surface area contributed by atoms with Gasteiger partial charge in [0.1, 0.15) is 9.77 Å². The van der Waals surface area contributed by atoms with Crippen LogP contribution in [0.2, 0.25) is 0 Å². The van der Waals surface area contributed by atoms with Crippen molar-refractivity contribution in [3.8, 4) is 0 Å². The summed E-state index contributed by atoms with van der Waals surface area (Å²) in [4.78, 5) is 10.8. The second kappa shape index (κ2) is 7.79. The van der Waals surface area contributed by atoms with Gasteiger partial charge in [-0.3, -0.25) is 0 Å². The Labute approximate surface area is 135 Å². The van der Waals surface area contributed by atoms with Gasteiger partial charge in [-0.15, -0.1) is 11.3 Å². The van der Waals surface area contributed by atoms with E-state index >= 15 is 0 Å². The Kier molecular flexibility index (Phi) is 6.99. The molecule has 0 saturated carbocycles. The van der Waals surface area contributed by atoms with Gasteiger partial charge in [0.2, 0.25) is 10.0 Å². The number of halogens is 1. The molecule has 0 fully saturated rings. The predicted octanol–water partition coefficient (Wildman–Crippen LogP) is 3.02. The Bertz CT molecular complexity index is 570. The number of thioether (sulfide) groups is 1. The van der Waals surface area contributed by atoms with Gasteiger partial charge in [-0.25, -0.2) is 17.9 Å². The maximum atomic E-state index is 12.2. The molecule has 1 aromatic rings. The molecule has 0 saturated heterocycles. The van der Waals surface area contributed by atoms with Crippen LogP contribution < -0.4 is 4.72 Å². The minimum absolute atomic E-state index is 0.00792. The van der Waals surface area contributed by atoms with Crippen molar-refractivity contribution < 1.29 is 18.3 Å². The lowest BCUT2D eigenvalue weighted by Crippen LogP contribution is -2.33. The van der Waals surface area contributed by atoms with Gasteiger partial charge in [0.15, 0.2) is 0 Å². The fraction of sp³-hybridized carbons (Fsp3) is 0.545.